The van der Waals surface area contributed by atoms with Gasteiger partial charge in [0.05, 0.1) is 6.04 Å². The van der Waals surface area contributed by atoms with Gasteiger partial charge in [-0.15, -0.1) is 0 Å². The van der Waals surface area contributed by atoms with Crippen molar-refractivity contribution in [1.29, 1.82) is 0 Å². The zero-order valence-corrected chi connectivity index (χ0v) is 12.4. The van der Waals surface area contributed by atoms with E-state index < -0.39 is 0 Å². The molecule has 1 heterocycles. The van der Waals surface area contributed by atoms with Crippen LogP contribution in [0.3, 0.4) is 0 Å². The van der Waals surface area contributed by atoms with Crippen molar-refractivity contribution in [2.45, 2.75) is 19.5 Å². The van der Waals surface area contributed by atoms with Gasteiger partial charge in [-0.05, 0) is 18.6 Å². The number of nitrogens with two attached hydrogens (primary N) is 1. The summed E-state index contributed by atoms with van der Waals surface area (Å²) in [5, 5.41) is 12.6. The molecule has 1 aliphatic heterocycles. The number of hydrogen-bond acceptors (Lipinski definition) is 4. The number of nitrogens with zero attached hydrogens (tertiary/aromatic N) is 3. The first kappa shape index (κ1) is 15.1. The molecule has 0 amide bonds. The summed E-state index contributed by atoms with van der Waals surface area (Å²) < 4.78 is 0. The molecule has 1 unspecified atom stereocenters. The molecule has 0 aromatic heterocycles. The summed E-state index contributed by atoms with van der Waals surface area (Å²) in [5.41, 5.74) is 6.81. The molecule has 0 radical (unpaired) electrons. The first-order valence-corrected chi connectivity index (χ1v) is 7.17. The number of rotatable bonds is 4. The Kier molecular flexibility index (Phi) is 5.23. The number of benzene rings is 1. The minimum Gasteiger partial charge on any atom is -0.409 e. The summed E-state index contributed by atoms with van der Waals surface area (Å²) in [6.07, 6.45) is 0. The monoisotopic (exact) mass is 296 g/mol. The zero-order chi connectivity index (χ0) is 14.5. The van der Waals surface area contributed by atoms with Crippen LogP contribution in [0.4, 0.5) is 0 Å². The van der Waals surface area contributed by atoms with E-state index in [0.717, 1.165) is 43.3 Å². The van der Waals surface area contributed by atoms with Crippen LogP contribution in [0.25, 0.3) is 0 Å². The number of oxime groups is 1. The third-order valence-electron chi connectivity index (χ3n) is 3.85. The average molecular weight is 297 g/mol. The van der Waals surface area contributed by atoms with Crippen LogP contribution in [0.5, 0.6) is 0 Å². The predicted octanol–water partition coefficient (Wildman–Crippen LogP) is 1.59. The molecule has 1 atom stereocenters. The number of halogens is 1. The summed E-state index contributed by atoms with van der Waals surface area (Å²) in [6.45, 7) is 6.54. The maximum Gasteiger partial charge on any atom is 0.156 e. The van der Waals surface area contributed by atoms with Crippen molar-refractivity contribution >= 4 is 17.4 Å². The Bertz CT molecular complexity index is 472. The fraction of sp³-hybridized carbons (Fsp3) is 0.500. The first-order valence-electron chi connectivity index (χ1n) is 6.79. The van der Waals surface area contributed by atoms with E-state index in [2.05, 4.69) is 21.0 Å². The van der Waals surface area contributed by atoms with Crippen molar-refractivity contribution in [2.75, 3.05) is 26.2 Å². The summed E-state index contributed by atoms with van der Waals surface area (Å²) in [4.78, 5) is 4.59. The Morgan fingerprint density at radius 2 is 2.00 bits per heavy atom. The number of piperazine rings is 1. The molecule has 0 spiro atoms. The van der Waals surface area contributed by atoms with Crippen LogP contribution in [0.2, 0.25) is 5.02 Å². The van der Waals surface area contributed by atoms with Crippen molar-refractivity contribution in [3.8, 4) is 0 Å². The van der Waals surface area contributed by atoms with Crippen molar-refractivity contribution in [3.63, 3.8) is 0 Å². The van der Waals surface area contributed by atoms with E-state index in [1.54, 1.807) is 0 Å². The Labute approximate surface area is 124 Å². The molecular formula is C14H21ClN4O. The van der Waals surface area contributed by atoms with Crippen molar-refractivity contribution < 1.29 is 5.21 Å². The van der Waals surface area contributed by atoms with Gasteiger partial charge >= 0.3 is 0 Å². The van der Waals surface area contributed by atoms with Gasteiger partial charge in [-0.3, -0.25) is 9.80 Å². The van der Waals surface area contributed by atoms with E-state index in [4.69, 9.17) is 22.5 Å². The average Bonchev–Trinajstić information content (AvgIpc) is 2.49. The predicted molar refractivity (Wildman–Crippen MR) is 81.2 cm³/mol. The molecule has 6 heteroatoms. The van der Waals surface area contributed by atoms with E-state index in [9.17, 15) is 0 Å². The fourth-order valence-corrected chi connectivity index (χ4v) is 2.64. The molecule has 0 aliphatic carbocycles. The van der Waals surface area contributed by atoms with Gasteiger partial charge in [-0.2, -0.15) is 0 Å². The largest absolute Gasteiger partial charge is 0.409 e. The lowest BCUT2D eigenvalue weighted by molar-refractivity contribution is 0.116. The highest BCUT2D eigenvalue weighted by Crippen LogP contribution is 2.18. The van der Waals surface area contributed by atoms with Crippen LogP contribution in [-0.2, 0) is 6.54 Å². The SMILES string of the molecule is CC(C(N)=NO)N1CCN(Cc2ccccc2Cl)CC1. The van der Waals surface area contributed by atoms with Crippen molar-refractivity contribution in [2.24, 2.45) is 10.9 Å². The molecule has 20 heavy (non-hydrogen) atoms. The topological polar surface area (TPSA) is 65.1 Å². The molecule has 2 rings (SSSR count). The molecule has 1 saturated heterocycles. The highest BCUT2D eigenvalue weighted by molar-refractivity contribution is 6.31. The highest BCUT2D eigenvalue weighted by atomic mass is 35.5. The Hall–Kier alpha value is -1.30. The lowest BCUT2D eigenvalue weighted by Crippen LogP contribution is -2.52. The Morgan fingerprint density at radius 3 is 2.60 bits per heavy atom. The highest BCUT2D eigenvalue weighted by Gasteiger charge is 2.23. The number of hydrogen-bond donors (Lipinski definition) is 2. The third-order valence-corrected chi connectivity index (χ3v) is 4.22. The van der Waals surface area contributed by atoms with Crippen LogP contribution in [0.15, 0.2) is 29.4 Å². The standard InChI is InChI=1S/C14H21ClN4O/c1-11(14(16)17-20)19-8-6-18(7-9-19)10-12-4-2-3-5-13(12)15/h2-5,11,20H,6-10H2,1H3,(H2,16,17). The normalized spacial score (nSPS) is 20.0. The summed E-state index contributed by atoms with van der Waals surface area (Å²) >= 11 is 6.19. The van der Waals surface area contributed by atoms with E-state index in [1.165, 1.54) is 0 Å². The summed E-state index contributed by atoms with van der Waals surface area (Å²) in [7, 11) is 0. The van der Waals surface area contributed by atoms with Gasteiger partial charge < -0.3 is 10.9 Å². The van der Waals surface area contributed by atoms with Gasteiger partial charge in [-0.25, -0.2) is 0 Å². The van der Waals surface area contributed by atoms with Crippen molar-refractivity contribution in [3.05, 3.63) is 34.9 Å². The number of amidine groups is 1. The van der Waals surface area contributed by atoms with Gasteiger partial charge in [0.15, 0.2) is 5.84 Å². The van der Waals surface area contributed by atoms with Gasteiger partial charge in [0, 0.05) is 37.7 Å². The minimum absolute atomic E-state index is 0.0255. The lowest BCUT2D eigenvalue weighted by Gasteiger charge is -2.37. The van der Waals surface area contributed by atoms with E-state index in [-0.39, 0.29) is 11.9 Å². The second-order valence-corrected chi connectivity index (χ2v) is 5.51. The molecule has 1 fully saturated rings. The lowest BCUT2D eigenvalue weighted by atomic mass is 10.1. The zero-order valence-electron chi connectivity index (χ0n) is 11.7. The molecule has 3 N–H and O–H groups in total. The van der Waals surface area contributed by atoms with Gasteiger partial charge in [-0.1, -0.05) is 35.0 Å². The second kappa shape index (κ2) is 6.92. The van der Waals surface area contributed by atoms with E-state index in [0.29, 0.717) is 0 Å². The van der Waals surface area contributed by atoms with Crippen LogP contribution in [0, 0.1) is 0 Å². The quantitative estimate of drug-likeness (QED) is 0.383. The van der Waals surface area contributed by atoms with Crippen LogP contribution >= 0.6 is 11.6 Å². The maximum atomic E-state index is 8.72. The third kappa shape index (κ3) is 3.62. The molecule has 5 nitrogen and oxygen atoms in total. The fourth-order valence-electron chi connectivity index (χ4n) is 2.45. The molecule has 0 saturated carbocycles. The summed E-state index contributed by atoms with van der Waals surface area (Å²) in [6, 6.07) is 7.92. The second-order valence-electron chi connectivity index (χ2n) is 5.10. The van der Waals surface area contributed by atoms with Gasteiger partial charge in [0.2, 0.25) is 0 Å². The smallest absolute Gasteiger partial charge is 0.156 e. The van der Waals surface area contributed by atoms with Crippen LogP contribution in [0.1, 0.15) is 12.5 Å². The molecule has 1 aliphatic rings. The minimum atomic E-state index is -0.0255. The maximum absolute atomic E-state index is 8.72. The first-order chi connectivity index (χ1) is 9.61. The molecule has 1 aromatic rings. The summed E-state index contributed by atoms with van der Waals surface area (Å²) in [5.74, 6) is 0.268. The van der Waals surface area contributed by atoms with Crippen LogP contribution < -0.4 is 5.73 Å². The van der Waals surface area contributed by atoms with E-state index in [1.807, 2.05) is 25.1 Å². The Morgan fingerprint density at radius 1 is 1.35 bits per heavy atom. The van der Waals surface area contributed by atoms with Crippen molar-refractivity contribution in [1.82, 2.24) is 9.80 Å². The van der Waals surface area contributed by atoms with Crippen LogP contribution in [-0.4, -0.2) is 53.1 Å². The molecule has 1 aromatic carbocycles. The van der Waals surface area contributed by atoms with Gasteiger partial charge in [0.1, 0.15) is 0 Å². The molecule has 110 valence electrons. The molecular weight excluding hydrogens is 276 g/mol. The Balaban J connectivity index is 1.87. The van der Waals surface area contributed by atoms with Gasteiger partial charge in [0.25, 0.3) is 0 Å². The molecule has 0 bridgehead atoms. The van der Waals surface area contributed by atoms with E-state index >= 15 is 0 Å².